The quantitative estimate of drug-likeness (QED) is 0.0869. The van der Waals surface area contributed by atoms with Crippen molar-refractivity contribution in [2.45, 2.75) is 176 Å². The van der Waals surface area contributed by atoms with E-state index < -0.39 is 88.3 Å². The third-order valence-electron chi connectivity index (χ3n) is 14.2. The molecule has 3 unspecified atom stereocenters. The number of carbonyl (C=O) groups excluding carboxylic acids is 8. The molecule has 7 aliphatic rings. The summed E-state index contributed by atoms with van der Waals surface area (Å²) in [5.41, 5.74) is -1.13. The first-order valence-electron chi connectivity index (χ1n) is 24.3. The fourth-order valence-corrected chi connectivity index (χ4v) is 13.0. The third kappa shape index (κ3) is 13.6. The number of thioether (sulfide) groups is 2. The molecule has 0 radical (unpaired) electrons. The molecule has 17 heteroatoms. The van der Waals surface area contributed by atoms with E-state index in [-0.39, 0.29) is 47.9 Å². The SMILES string of the molecule is CSCCC1C(O)=C(C(=O)CC(C)(C)CC(=O)OCCC23CC4CC(CC(C4)C2)C3)C(=O)N1C(C)=O.CSCCC1C(O)=C(C(=O)C[C@@H]2OC(C)(C)OC2=O)C(=O)N1C(=O)CC(C)CC(C)(C)C. The standard InChI is InChI=1S/C28H41NO6S.C23H35NO7S/c1-17(30)29-21(5-8-36-4)25(33)24(26(29)34)22(31)15-27(2,3)16-23(32)35-7-6-28-12-18-9-19(13-28)11-20(10-18)14-28;1-13(12-22(2,3)4)10-17(26)24-14(8-9-32-7)19(27)18(20(24)28)15(25)11-16-21(29)31-23(5,6)30-16/h18-21,33H,5-16H2,1-4H3;13-14,16,27H,8-12H2,1-7H3/t;13?,14?,16-/m.0/s1. The molecule has 68 heavy (non-hydrogen) atoms. The van der Waals surface area contributed by atoms with Gasteiger partial charge in [-0.25, -0.2) is 4.79 Å². The number of carbonyl (C=O) groups is 8. The first kappa shape index (κ1) is 55.2. The molecule has 4 atom stereocenters. The zero-order valence-electron chi connectivity index (χ0n) is 42.2. The number of hydrogen-bond acceptors (Lipinski definition) is 15. The molecule has 7 rings (SSSR count). The van der Waals surface area contributed by atoms with E-state index in [0.717, 1.165) is 40.4 Å². The molecule has 5 fully saturated rings. The van der Waals surface area contributed by atoms with E-state index in [2.05, 4.69) is 20.8 Å². The summed E-state index contributed by atoms with van der Waals surface area (Å²) in [7, 11) is 0. The second-order valence-electron chi connectivity index (χ2n) is 22.8. The van der Waals surface area contributed by atoms with Crippen LogP contribution in [0, 0.1) is 39.9 Å². The van der Waals surface area contributed by atoms with Crippen LogP contribution in [-0.2, 0) is 52.6 Å². The van der Waals surface area contributed by atoms with Gasteiger partial charge in [-0.05, 0) is 128 Å². The Morgan fingerprint density at radius 3 is 1.76 bits per heavy atom. The van der Waals surface area contributed by atoms with Crippen molar-refractivity contribution in [2.24, 2.45) is 39.9 Å². The number of esters is 2. The van der Waals surface area contributed by atoms with Gasteiger partial charge in [-0.15, -0.1) is 0 Å². The molecule has 0 aromatic rings. The minimum absolute atomic E-state index is 0.0259. The zero-order chi connectivity index (χ0) is 50.7. The largest absolute Gasteiger partial charge is 0.509 e. The van der Waals surface area contributed by atoms with E-state index in [1.807, 2.05) is 19.4 Å². The Labute approximate surface area is 411 Å². The molecular formula is C51H76N2O13S2. The second kappa shape index (κ2) is 22.2. The average molecular weight is 989 g/mol. The number of nitrogens with zero attached hydrogens (tertiary/aromatic N) is 2. The van der Waals surface area contributed by atoms with Crippen LogP contribution in [0.2, 0.25) is 0 Å². The summed E-state index contributed by atoms with van der Waals surface area (Å²) in [5, 5.41) is 21.5. The molecule has 4 saturated carbocycles. The van der Waals surface area contributed by atoms with Gasteiger partial charge in [0.25, 0.3) is 11.8 Å². The number of imide groups is 2. The summed E-state index contributed by atoms with van der Waals surface area (Å²) < 4.78 is 16.1. The smallest absolute Gasteiger partial charge is 0.338 e. The van der Waals surface area contributed by atoms with Crippen LogP contribution in [0.25, 0.3) is 0 Å². The van der Waals surface area contributed by atoms with Gasteiger partial charge < -0.3 is 24.4 Å². The lowest BCUT2D eigenvalue weighted by Gasteiger charge is -2.57. The van der Waals surface area contributed by atoms with Crippen LogP contribution in [0.1, 0.15) is 152 Å². The van der Waals surface area contributed by atoms with Gasteiger partial charge in [0.2, 0.25) is 17.6 Å². The fourth-order valence-electron chi connectivity index (χ4n) is 12.1. The summed E-state index contributed by atoms with van der Waals surface area (Å²) in [4.78, 5) is 104. The lowest BCUT2D eigenvalue weighted by atomic mass is 9.49. The Kier molecular flexibility index (Phi) is 18.0. The van der Waals surface area contributed by atoms with Crippen molar-refractivity contribution < 1.29 is 62.8 Å². The normalized spacial score (nSPS) is 28.0. The van der Waals surface area contributed by atoms with E-state index in [9.17, 15) is 48.6 Å². The molecule has 4 bridgehead atoms. The van der Waals surface area contributed by atoms with E-state index in [4.69, 9.17) is 14.2 Å². The van der Waals surface area contributed by atoms with Crippen molar-refractivity contribution >= 4 is 70.7 Å². The van der Waals surface area contributed by atoms with Crippen LogP contribution in [0.3, 0.4) is 0 Å². The average Bonchev–Trinajstić information content (AvgIpc) is 3.71. The molecular weight excluding hydrogens is 913 g/mol. The highest BCUT2D eigenvalue weighted by atomic mass is 32.2. The van der Waals surface area contributed by atoms with Gasteiger partial charge in [-0.1, -0.05) is 41.5 Å². The Bertz CT molecular complexity index is 2020. The molecule has 1 saturated heterocycles. The van der Waals surface area contributed by atoms with Crippen LogP contribution in [0.15, 0.2) is 22.7 Å². The third-order valence-corrected chi connectivity index (χ3v) is 15.5. The Morgan fingerprint density at radius 2 is 1.29 bits per heavy atom. The molecule has 4 aliphatic carbocycles. The summed E-state index contributed by atoms with van der Waals surface area (Å²) in [5.74, 6) is -2.83. The first-order valence-corrected chi connectivity index (χ1v) is 27.1. The lowest BCUT2D eigenvalue weighted by Crippen LogP contribution is -2.46. The summed E-state index contributed by atoms with van der Waals surface area (Å²) >= 11 is 3.05. The molecule has 3 heterocycles. The van der Waals surface area contributed by atoms with Crippen molar-refractivity contribution in [1.82, 2.24) is 9.80 Å². The van der Waals surface area contributed by atoms with Crippen LogP contribution in [0.4, 0.5) is 0 Å². The molecule has 15 nitrogen and oxygen atoms in total. The predicted octanol–water partition coefficient (Wildman–Crippen LogP) is 8.22. The maximum Gasteiger partial charge on any atom is 0.338 e. The number of rotatable bonds is 20. The molecule has 2 N–H and O–H groups in total. The zero-order valence-corrected chi connectivity index (χ0v) is 43.8. The number of ketones is 2. The monoisotopic (exact) mass is 988 g/mol. The van der Waals surface area contributed by atoms with E-state index in [0.29, 0.717) is 36.4 Å². The molecule has 3 aliphatic heterocycles. The minimum Gasteiger partial charge on any atom is -0.509 e. The van der Waals surface area contributed by atoms with E-state index in [1.165, 1.54) is 69.0 Å². The predicted molar refractivity (Wildman–Crippen MR) is 259 cm³/mol. The van der Waals surface area contributed by atoms with E-state index >= 15 is 0 Å². The Balaban J connectivity index is 0.000000256. The Hall–Kier alpha value is -3.70. The van der Waals surface area contributed by atoms with Crippen molar-refractivity contribution in [2.75, 3.05) is 30.6 Å². The molecule has 0 aromatic heterocycles. The molecule has 380 valence electrons. The van der Waals surface area contributed by atoms with Crippen molar-refractivity contribution in [1.29, 1.82) is 0 Å². The number of hydrogen-bond donors (Lipinski definition) is 2. The van der Waals surface area contributed by atoms with Gasteiger partial charge >= 0.3 is 11.9 Å². The van der Waals surface area contributed by atoms with Crippen LogP contribution in [0.5, 0.6) is 0 Å². The van der Waals surface area contributed by atoms with Crippen molar-refractivity contribution in [3.05, 3.63) is 22.7 Å². The van der Waals surface area contributed by atoms with Gasteiger partial charge in [0.05, 0.1) is 25.1 Å². The summed E-state index contributed by atoms with van der Waals surface area (Å²) in [6.45, 7) is 16.5. The summed E-state index contributed by atoms with van der Waals surface area (Å²) in [6, 6.07) is -1.69. The van der Waals surface area contributed by atoms with Crippen molar-refractivity contribution in [3.8, 4) is 0 Å². The topological polar surface area (TPSA) is 211 Å². The highest BCUT2D eigenvalue weighted by Crippen LogP contribution is 2.61. The van der Waals surface area contributed by atoms with Gasteiger partial charge in [-0.3, -0.25) is 43.4 Å². The minimum atomic E-state index is -1.16. The summed E-state index contributed by atoms with van der Waals surface area (Å²) in [6.07, 6.45) is 12.7. The molecule has 4 amide bonds. The van der Waals surface area contributed by atoms with Gasteiger partial charge in [0.15, 0.2) is 17.7 Å². The van der Waals surface area contributed by atoms with E-state index in [1.54, 1.807) is 27.7 Å². The number of amides is 4. The van der Waals surface area contributed by atoms with Crippen LogP contribution < -0.4 is 0 Å². The van der Waals surface area contributed by atoms with Crippen LogP contribution in [-0.4, -0.2) is 122 Å². The highest BCUT2D eigenvalue weighted by molar-refractivity contribution is 7.98. The fraction of sp³-hybridized carbons (Fsp3) is 0.765. The van der Waals surface area contributed by atoms with Crippen molar-refractivity contribution in [3.63, 3.8) is 0 Å². The molecule has 0 aromatic carbocycles. The first-order chi connectivity index (χ1) is 31.6. The molecule has 0 spiro atoms. The lowest BCUT2D eigenvalue weighted by molar-refractivity contribution is -0.161. The number of ether oxygens (including phenoxy) is 3. The number of cyclic esters (lactones) is 1. The maximum absolute atomic E-state index is 13.1. The van der Waals surface area contributed by atoms with Gasteiger partial charge in [-0.2, -0.15) is 23.5 Å². The Morgan fingerprint density at radius 1 is 0.794 bits per heavy atom. The number of aliphatic hydroxyl groups excluding tert-OH is 2. The maximum atomic E-state index is 13.1. The van der Waals surface area contributed by atoms with Crippen LogP contribution >= 0.6 is 23.5 Å². The van der Waals surface area contributed by atoms with Gasteiger partial charge in [0.1, 0.15) is 22.7 Å². The highest BCUT2D eigenvalue weighted by Gasteiger charge is 2.52. The van der Waals surface area contributed by atoms with Gasteiger partial charge in [0, 0.05) is 40.0 Å². The number of aliphatic hydroxyl groups is 2. The second-order valence-corrected chi connectivity index (χ2v) is 24.8. The number of Topliss-reactive ketones (excluding diaryl/α,β-unsaturated/α-hetero) is 2.